The molecule has 0 radical (unpaired) electrons. The Bertz CT molecular complexity index is 1400. The van der Waals surface area contributed by atoms with E-state index in [1.807, 2.05) is 6.92 Å². The van der Waals surface area contributed by atoms with Crippen LogP contribution in [0.3, 0.4) is 0 Å². The molecule has 0 fully saturated rings. The standard InChI is InChI=1S/C22H22N4O6S/c1-12-9-17(15(4)26(12)20-10-13(2)32-24-20)18(27)11-31-22(28)14(3)23-21-16-7-5-6-8-19(16)33(29,30)25-21/h5-10,14H,11H2,1-4H3,(H,23,25). The number of fused-ring (bicyclic) bond motifs is 1. The van der Waals surface area contributed by atoms with Crippen molar-refractivity contribution in [3.63, 3.8) is 0 Å². The number of amidine groups is 1. The number of Topliss-reactive ketones (excluding diaryl/α,β-unsaturated/α-hetero) is 1. The minimum Gasteiger partial charge on any atom is -0.456 e. The molecule has 0 spiro atoms. The van der Waals surface area contributed by atoms with Gasteiger partial charge in [0.1, 0.15) is 17.6 Å². The Balaban J connectivity index is 1.46. The maximum absolute atomic E-state index is 12.7. The number of sulfonamides is 1. The Labute approximate surface area is 190 Å². The molecule has 1 N–H and O–H groups in total. The molecule has 0 amide bonds. The van der Waals surface area contributed by atoms with E-state index in [9.17, 15) is 18.0 Å². The van der Waals surface area contributed by atoms with Gasteiger partial charge in [0.25, 0.3) is 10.0 Å². The number of aromatic nitrogens is 2. The van der Waals surface area contributed by atoms with E-state index in [-0.39, 0.29) is 16.5 Å². The maximum atomic E-state index is 12.7. The molecule has 0 saturated heterocycles. The molecule has 1 aliphatic heterocycles. The van der Waals surface area contributed by atoms with Gasteiger partial charge in [0, 0.05) is 28.6 Å². The number of carbonyl (C=O) groups is 2. The Kier molecular flexibility index (Phi) is 5.66. The van der Waals surface area contributed by atoms with Crippen LogP contribution in [0.25, 0.3) is 5.82 Å². The zero-order chi connectivity index (χ0) is 23.9. The zero-order valence-corrected chi connectivity index (χ0v) is 19.3. The molecule has 3 aromatic rings. The number of ketones is 1. The fourth-order valence-electron chi connectivity index (χ4n) is 3.67. The van der Waals surface area contributed by atoms with Crippen LogP contribution in [0.5, 0.6) is 0 Å². The summed E-state index contributed by atoms with van der Waals surface area (Å²) in [6, 6.07) is 8.76. The minimum atomic E-state index is -3.72. The highest BCUT2D eigenvalue weighted by Crippen LogP contribution is 2.23. The first-order valence-corrected chi connectivity index (χ1v) is 11.6. The summed E-state index contributed by atoms with van der Waals surface area (Å²) in [6.07, 6.45) is 0. The molecule has 3 heterocycles. The van der Waals surface area contributed by atoms with E-state index < -0.39 is 28.6 Å². The maximum Gasteiger partial charge on any atom is 0.331 e. The van der Waals surface area contributed by atoms with Crippen molar-refractivity contribution in [1.82, 2.24) is 14.4 Å². The molecule has 11 heteroatoms. The normalized spacial score (nSPS) is 16.3. The van der Waals surface area contributed by atoms with Crippen LogP contribution in [-0.2, 0) is 19.6 Å². The predicted octanol–water partition coefficient (Wildman–Crippen LogP) is 2.24. The summed E-state index contributed by atoms with van der Waals surface area (Å²) >= 11 is 0. The number of esters is 1. The van der Waals surface area contributed by atoms with Crippen LogP contribution in [0, 0.1) is 20.8 Å². The topological polar surface area (TPSA) is 133 Å². The van der Waals surface area contributed by atoms with Gasteiger partial charge in [-0.15, -0.1) is 0 Å². The van der Waals surface area contributed by atoms with Crippen molar-refractivity contribution < 1.29 is 27.3 Å². The highest BCUT2D eigenvalue weighted by atomic mass is 32.2. The molecule has 0 saturated carbocycles. The highest BCUT2D eigenvalue weighted by Gasteiger charge is 2.31. The lowest BCUT2D eigenvalue weighted by molar-refractivity contribution is -0.143. The van der Waals surface area contributed by atoms with E-state index in [1.165, 1.54) is 13.0 Å². The van der Waals surface area contributed by atoms with E-state index in [0.29, 0.717) is 28.4 Å². The van der Waals surface area contributed by atoms with Crippen molar-refractivity contribution in [2.45, 2.75) is 38.6 Å². The van der Waals surface area contributed by atoms with Crippen LogP contribution < -0.4 is 4.72 Å². The number of benzene rings is 1. The lowest BCUT2D eigenvalue weighted by atomic mass is 10.1. The summed E-state index contributed by atoms with van der Waals surface area (Å²) in [5, 5.41) is 3.98. The molecular formula is C22H22N4O6S. The van der Waals surface area contributed by atoms with Gasteiger partial charge in [-0.05, 0) is 45.9 Å². The molecule has 0 aliphatic carbocycles. The number of ether oxygens (including phenoxy) is 1. The number of aryl methyl sites for hydroxylation is 2. The molecule has 0 bridgehead atoms. The average Bonchev–Trinajstić information content (AvgIpc) is 3.40. The molecule has 1 unspecified atom stereocenters. The van der Waals surface area contributed by atoms with Crippen molar-refractivity contribution >= 4 is 27.6 Å². The number of nitrogens with zero attached hydrogens (tertiary/aromatic N) is 3. The Morgan fingerprint density at radius 2 is 1.94 bits per heavy atom. The first-order chi connectivity index (χ1) is 15.6. The third-order valence-electron chi connectivity index (χ3n) is 5.25. The van der Waals surface area contributed by atoms with Gasteiger partial charge in [-0.3, -0.25) is 19.1 Å². The fourth-order valence-corrected chi connectivity index (χ4v) is 4.91. The lowest BCUT2D eigenvalue weighted by Gasteiger charge is -2.09. The van der Waals surface area contributed by atoms with E-state index in [1.54, 1.807) is 48.7 Å². The third-order valence-corrected chi connectivity index (χ3v) is 6.65. The van der Waals surface area contributed by atoms with Gasteiger partial charge in [0.15, 0.2) is 12.4 Å². The SMILES string of the molecule is Cc1cc(-n2c(C)cc(C(=O)COC(=O)C(C)N=C3NS(=O)(=O)c4ccccc43)c2C)no1. The molecule has 1 aromatic carbocycles. The summed E-state index contributed by atoms with van der Waals surface area (Å²) in [7, 11) is -3.72. The summed E-state index contributed by atoms with van der Waals surface area (Å²) in [5.74, 6) is 0.132. The monoisotopic (exact) mass is 470 g/mol. The third kappa shape index (κ3) is 4.19. The van der Waals surface area contributed by atoms with Crippen molar-refractivity contribution in [2.75, 3.05) is 6.61 Å². The summed E-state index contributed by atoms with van der Waals surface area (Å²) in [6.45, 7) is 6.37. The smallest absolute Gasteiger partial charge is 0.331 e. The molecule has 172 valence electrons. The van der Waals surface area contributed by atoms with Crippen LogP contribution in [-0.4, -0.2) is 48.4 Å². The van der Waals surface area contributed by atoms with Crippen LogP contribution in [0.4, 0.5) is 0 Å². The van der Waals surface area contributed by atoms with Gasteiger partial charge in [-0.25, -0.2) is 13.2 Å². The van der Waals surface area contributed by atoms with Gasteiger partial charge in [-0.2, -0.15) is 0 Å². The van der Waals surface area contributed by atoms with Crippen molar-refractivity contribution in [2.24, 2.45) is 4.99 Å². The van der Waals surface area contributed by atoms with Crippen LogP contribution in [0.15, 0.2) is 50.8 Å². The van der Waals surface area contributed by atoms with Gasteiger partial charge < -0.3 is 9.26 Å². The number of rotatable bonds is 6. The summed E-state index contributed by atoms with van der Waals surface area (Å²) in [4.78, 5) is 29.4. The molecule has 2 aromatic heterocycles. The number of hydrogen-bond acceptors (Lipinski definition) is 8. The molecule has 1 atom stereocenters. The molecule has 10 nitrogen and oxygen atoms in total. The van der Waals surface area contributed by atoms with Gasteiger partial charge in [0.2, 0.25) is 5.78 Å². The van der Waals surface area contributed by atoms with E-state index >= 15 is 0 Å². The molecule has 33 heavy (non-hydrogen) atoms. The van der Waals surface area contributed by atoms with Crippen molar-refractivity contribution in [3.8, 4) is 5.82 Å². The zero-order valence-electron chi connectivity index (χ0n) is 18.4. The second-order valence-electron chi connectivity index (χ2n) is 7.70. The molecule has 1 aliphatic rings. The Morgan fingerprint density at radius 3 is 2.64 bits per heavy atom. The number of carbonyl (C=O) groups excluding carboxylic acids is 2. The first-order valence-electron chi connectivity index (χ1n) is 10.1. The lowest BCUT2D eigenvalue weighted by Crippen LogP contribution is -2.27. The first kappa shape index (κ1) is 22.5. The number of hydrogen-bond donors (Lipinski definition) is 1. The summed E-state index contributed by atoms with van der Waals surface area (Å²) < 4.78 is 38.8. The molecular weight excluding hydrogens is 448 g/mol. The second-order valence-corrected chi connectivity index (χ2v) is 9.35. The number of nitrogens with one attached hydrogen (secondary N) is 1. The van der Waals surface area contributed by atoms with Gasteiger partial charge in [0.05, 0.1) is 4.90 Å². The second kappa shape index (κ2) is 8.32. The Hall–Kier alpha value is -3.73. The molecule has 4 rings (SSSR count). The minimum absolute atomic E-state index is 0.0628. The fraction of sp³-hybridized carbons (Fsp3) is 0.273. The largest absolute Gasteiger partial charge is 0.456 e. The predicted molar refractivity (Wildman–Crippen MR) is 118 cm³/mol. The van der Waals surface area contributed by atoms with Crippen molar-refractivity contribution in [1.29, 1.82) is 0 Å². The van der Waals surface area contributed by atoms with E-state index in [2.05, 4.69) is 14.9 Å². The van der Waals surface area contributed by atoms with E-state index in [4.69, 9.17) is 9.26 Å². The summed E-state index contributed by atoms with van der Waals surface area (Å²) in [5.41, 5.74) is 2.20. The quantitative estimate of drug-likeness (QED) is 0.431. The highest BCUT2D eigenvalue weighted by molar-refractivity contribution is 7.90. The van der Waals surface area contributed by atoms with E-state index in [0.717, 1.165) is 5.69 Å². The van der Waals surface area contributed by atoms with Crippen molar-refractivity contribution in [3.05, 3.63) is 64.7 Å². The van der Waals surface area contributed by atoms with Crippen LogP contribution in [0.1, 0.15) is 40.0 Å². The van der Waals surface area contributed by atoms with Gasteiger partial charge in [-0.1, -0.05) is 17.3 Å². The number of aliphatic imine (C=N–C) groups is 1. The van der Waals surface area contributed by atoms with Gasteiger partial charge >= 0.3 is 5.97 Å². The van der Waals surface area contributed by atoms with Crippen LogP contribution in [0.2, 0.25) is 0 Å². The Morgan fingerprint density at radius 1 is 1.21 bits per heavy atom. The average molecular weight is 471 g/mol. The van der Waals surface area contributed by atoms with Crippen LogP contribution >= 0.6 is 0 Å².